The van der Waals surface area contributed by atoms with Gasteiger partial charge in [0.1, 0.15) is 0 Å². The summed E-state index contributed by atoms with van der Waals surface area (Å²) in [6, 6.07) is 16.4. The molecule has 1 N–H and O–H groups in total. The first-order valence-electron chi connectivity index (χ1n) is 8.92. The Balaban J connectivity index is 1.35. The maximum Gasteiger partial charge on any atom is 0.314 e. The minimum atomic E-state index is -0.684. The van der Waals surface area contributed by atoms with Crippen LogP contribution in [0.25, 0.3) is 0 Å². The highest BCUT2D eigenvalue weighted by atomic mass is 16.5. The van der Waals surface area contributed by atoms with Gasteiger partial charge in [0, 0.05) is 18.8 Å². The molecular weight excluding hydrogens is 314 g/mol. The number of hydrogen-bond acceptors (Lipinski definition) is 3. The van der Waals surface area contributed by atoms with Gasteiger partial charge < -0.3 is 14.7 Å². The SMILES string of the molecule is O=C(O)C1(c2ccc3c(c2)CCN3CCOCc2ccccc2)CC1. The number of ether oxygens (including phenoxy) is 1. The Hall–Kier alpha value is -2.33. The smallest absolute Gasteiger partial charge is 0.314 e. The fourth-order valence-corrected chi connectivity index (χ4v) is 3.69. The van der Waals surface area contributed by atoms with E-state index in [-0.39, 0.29) is 0 Å². The van der Waals surface area contributed by atoms with Crippen LogP contribution in [-0.2, 0) is 28.0 Å². The molecule has 1 saturated carbocycles. The first-order valence-corrected chi connectivity index (χ1v) is 8.92. The number of carbonyl (C=O) groups is 1. The average Bonchev–Trinajstić information content (AvgIpc) is 3.36. The number of anilines is 1. The van der Waals surface area contributed by atoms with Crippen molar-refractivity contribution in [2.75, 3.05) is 24.6 Å². The highest BCUT2D eigenvalue weighted by molar-refractivity contribution is 5.85. The molecule has 0 amide bonds. The Morgan fingerprint density at radius 1 is 1.16 bits per heavy atom. The van der Waals surface area contributed by atoms with Crippen molar-refractivity contribution in [1.82, 2.24) is 0 Å². The Bertz CT molecular complexity index is 768. The Morgan fingerprint density at radius 2 is 1.96 bits per heavy atom. The summed E-state index contributed by atoms with van der Waals surface area (Å²) in [5.41, 5.74) is 4.06. The number of carboxylic acid groups (broad SMARTS) is 1. The van der Waals surface area contributed by atoms with Crippen LogP contribution in [0.1, 0.15) is 29.5 Å². The zero-order valence-corrected chi connectivity index (χ0v) is 14.3. The van der Waals surface area contributed by atoms with Crippen LogP contribution in [0.3, 0.4) is 0 Å². The van der Waals surface area contributed by atoms with Crippen LogP contribution in [0.15, 0.2) is 48.5 Å². The molecule has 1 aliphatic carbocycles. The molecule has 2 aliphatic rings. The molecule has 0 radical (unpaired) electrons. The van der Waals surface area contributed by atoms with Crippen molar-refractivity contribution in [3.8, 4) is 0 Å². The van der Waals surface area contributed by atoms with E-state index in [9.17, 15) is 9.90 Å². The van der Waals surface area contributed by atoms with Gasteiger partial charge in [-0.05, 0) is 42.0 Å². The molecule has 4 heteroatoms. The normalized spacial score (nSPS) is 17.4. The van der Waals surface area contributed by atoms with Gasteiger partial charge in [-0.3, -0.25) is 4.79 Å². The lowest BCUT2D eigenvalue weighted by atomic mass is 9.94. The third kappa shape index (κ3) is 3.14. The molecule has 0 aromatic heterocycles. The maximum atomic E-state index is 11.5. The number of fused-ring (bicyclic) bond motifs is 1. The Labute approximate surface area is 148 Å². The topological polar surface area (TPSA) is 49.8 Å². The van der Waals surface area contributed by atoms with Crippen LogP contribution in [0.4, 0.5) is 5.69 Å². The summed E-state index contributed by atoms with van der Waals surface area (Å²) in [4.78, 5) is 13.9. The van der Waals surface area contributed by atoms with Crippen molar-refractivity contribution >= 4 is 11.7 Å². The standard InChI is InChI=1S/C21H23NO3/c23-20(24)21(9-10-21)18-6-7-19-17(14-18)8-11-22(19)12-13-25-15-16-4-2-1-3-5-16/h1-7,14H,8-13,15H2,(H,23,24). The van der Waals surface area contributed by atoms with Gasteiger partial charge in [0.25, 0.3) is 0 Å². The van der Waals surface area contributed by atoms with Crippen molar-refractivity contribution in [1.29, 1.82) is 0 Å². The number of rotatable bonds is 7. The summed E-state index contributed by atoms with van der Waals surface area (Å²) in [6.07, 6.45) is 2.51. The number of benzene rings is 2. The molecule has 0 bridgehead atoms. The summed E-state index contributed by atoms with van der Waals surface area (Å²) in [7, 11) is 0. The van der Waals surface area contributed by atoms with E-state index >= 15 is 0 Å². The number of carboxylic acids is 1. The van der Waals surface area contributed by atoms with Crippen LogP contribution in [0, 0.1) is 0 Å². The largest absolute Gasteiger partial charge is 0.481 e. The summed E-state index contributed by atoms with van der Waals surface area (Å²) in [5.74, 6) is -0.684. The average molecular weight is 337 g/mol. The van der Waals surface area contributed by atoms with Crippen molar-refractivity contribution in [3.63, 3.8) is 0 Å². The van der Waals surface area contributed by atoms with Crippen molar-refractivity contribution in [2.24, 2.45) is 0 Å². The molecular formula is C21H23NO3. The second kappa shape index (κ2) is 6.52. The summed E-state index contributed by atoms with van der Waals surface area (Å²) in [6.45, 7) is 3.17. The molecule has 4 rings (SSSR count). The van der Waals surface area contributed by atoms with Gasteiger partial charge in [-0.25, -0.2) is 0 Å². The van der Waals surface area contributed by atoms with E-state index in [0.717, 1.165) is 37.9 Å². The van der Waals surface area contributed by atoms with Crippen LogP contribution in [0.5, 0.6) is 0 Å². The van der Waals surface area contributed by atoms with Gasteiger partial charge in [-0.15, -0.1) is 0 Å². The molecule has 1 fully saturated rings. The molecule has 0 spiro atoms. The van der Waals surface area contributed by atoms with E-state index in [0.29, 0.717) is 13.2 Å². The van der Waals surface area contributed by atoms with E-state index in [4.69, 9.17) is 4.74 Å². The highest BCUT2D eigenvalue weighted by Crippen LogP contribution is 2.49. The first kappa shape index (κ1) is 16.2. The van der Waals surface area contributed by atoms with Crippen LogP contribution < -0.4 is 4.90 Å². The first-order chi connectivity index (χ1) is 12.2. The zero-order chi connectivity index (χ0) is 17.3. The zero-order valence-electron chi connectivity index (χ0n) is 14.3. The van der Waals surface area contributed by atoms with Gasteiger partial charge in [0.2, 0.25) is 0 Å². The van der Waals surface area contributed by atoms with Crippen molar-refractivity contribution < 1.29 is 14.6 Å². The second-order valence-corrected chi connectivity index (χ2v) is 7.01. The van der Waals surface area contributed by atoms with Crippen LogP contribution >= 0.6 is 0 Å². The third-order valence-electron chi connectivity index (χ3n) is 5.40. The molecule has 4 nitrogen and oxygen atoms in total. The number of aliphatic carboxylic acids is 1. The van der Waals surface area contributed by atoms with Gasteiger partial charge in [0.05, 0.1) is 18.6 Å². The Morgan fingerprint density at radius 3 is 2.68 bits per heavy atom. The molecule has 2 aromatic rings. The van der Waals surface area contributed by atoms with Gasteiger partial charge in [0.15, 0.2) is 0 Å². The molecule has 1 heterocycles. The summed E-state index contributed by atoms with van der Waals surface area (Å²) in [5, 5.41) is 9.47. The predicted octanol–water partition coefficient (Wildman–Crippen LogP) is 3.38. The van der Waals surface area contributed by atoms with E-state index in [2.05, 4.69) is 29.2 Å². The fourth-order valence-electron chi connectivity index (χ4n) is 3.69. The van der Waals surface area contributed by atoms with Gasteiger partial charge >= 0.3 is 5.97 Å². The van der Waals surface area contributed by atoms with E-state index < -0.39 is 11.4 Å². The second-order valence-electron chi connectivity index (χ2n) is 7.01. The van der Waals surface area contributed by atoms with E-state index in [1.807, 2.05) is 24.3 Å². The molecule has 1 aliphatic heterocycles. The number of hydrogen-bond donors (Lipinski definition) is 1. The lowest BCUT2D eigenvalue weighted by Crippen LogP contribution is -2.25. The summed E-state index contributed by atoms with van der Waals surface area (Å²) < 4.78 is 5.80. The van der Waals surface area contributed by atoms with Gasteiger partial charge in [-0.2, -0.15) is 0 Å². The fraction of sp³-hybridized carbons (Fsp3) is 0.381. The summed E-state index contributed by atoms with van der Waals surface area (Å²) >= 11 is 0. The predicted molar refractivity (Wildman–Crippen MR) is 97.0 cm³/mol. The molecule has 0 saturated heterocycles. The third-order valence-corrected chi connectivity index (χ3v) is 5.40. The molecule has 130 valence electrons. The maximum absolute atomic E-state index is 11.5. The number of nitrogens with zero attached hydrogens (tertiary/aromatic N) is 1. The minimum Gasteiger partial charge on any atom is -0.481 e. The monoisotopic (exact) mass is 337 g/mol. The molecule has 0 unspecified atom stereocenters. The molecule has 25 heavy (non-hydrogen) atoms. The quantitative estimate of drug-likeness (QED) is 0.787. The van der Waals surface area contributed by atoms with E-state index in [1.165, 1.54) is 16.8 Å². The van der Waals surface area contributed by atoms with Crippen molar-refractivity contribution in [2.45, 2.75) is 31.3 Å². The van der Waals surface area contributed by atoms with Crippen LogP contribution in [0.2, 0.25) is 0 Å². The molecule has 2 aromatic carbocycles. The van der Waals surface area contributed by atoms with E-state index in [1.54, 1.807) is 0 Å². The lowest BCUT2D eigenvalue weighted by molar-refractivity contribution is -0.140. The minimum absolute atomic E-state index is 0.610. The van der Waals surface area contributed by atoms with Gasteiger partial charge in [-0.1, -0.05) is 42.5 Å². The molecule has 0 atom stereocenters. The van der Waals surface area contributed by atoms with Crippen molar-refractivity contribution in [3.05, 3.63) is 65.2 Å². The highest BCUT2D eigenvalue weighted by Gasteiger charge is 2.51. The lowest BCUT2D eigenvalue weighted by Gasteiger charge is -2.20. The Kier molecular flexibility index (Phi) is 4.22. The van der Waals surface area contributed by atoms with Crippen LogP contribution in [-0.4, -0.2) is 30.8 Å².